The quantitative estimate of drug-likeness (QED) is 0.384. The predicted octanol–water partition coefficient (Wildman–Crippen LogP) is 3.85. The molecule has 0 bridgehead atoms. The Morgan fingerprint density at radius 2 is 1.79 bits per heavy atom. The fourth-order valence-corrected chi connectivity index (χ4v) is 7.54. The lowest BCUT2D eigenvalue weighted by molar-refractivity contribution is 0.0945. The van der Waals surface area contributed by atoms with Crippen LogP contribution in [0.25, 0.3) is 10.9 Å². The van der Waals surface area contributed by atoms with Crippen LogP contribution < -0.4 is 10.7 Å². The van der Waals surface area contributed by atoms with Crippen LogP contribution in [0.4, 0.5) is 0 Å². The van der Waals surface area contributed by atoms with Gasteiger partial charge in [-0.1, -0.05) is 32.8 Å². The summed E-state index contributed by atoms with van der Waals surface area (Å²) < 4.78 is 30.1. The number of benzene rings is 1. The average molecular weight is 543 g/mol. The second kappa shape index (κ2) is 12.6. The molecule has 2 aliphatic heterocycles. The fraction of sp³-hybridized carbons (Fsp3) is 0.586. The van der Waals surface area contributed by atoms with Crippen molar-refractivity contribution in [2.75, 3.05) is 39.3 Å². The van der Waals surface area contributed by atoms with E-state index >= 15 is 0 Å². The largest absolute Gasteiger partial charge is 0.352 e. The zero-order valence-corrected chi connectivity index (χ0v) is 23.6. The Kier molecular flexibility index (Phi) is 9.44. The summed E-state index contributed by atoms with van der Waals surface area (Å²) in [5.41, 5.74) is 0.142. The van der Waals surface area contributed by atoms with Crippen LogP contribution in [0.3, 0.4) is 0 Å². The summed E-state index contributed by atoms with van der Waals surface area (Å²) in [7, 11) is -3.73. The van der Waals surface area contributed by atoms with Crippen molar-refractivity contribution >= 4 is 26.8 Å². The van der Waals surface area contributed by atoms with E-state index in [0.29, 0.717) is 43.5 Å². The number of allylic oxidation sites excluding steroid dienone is 1. The molecule has 2 aromatic rings. The number of hydrogen-bond donors (Lipinski definition) is 1. The van der Waals surface area contributed by atoms with Crippen molar-refractivity contribution in [1.29, 1.82) is 0 Å². The number of carbonyl (C=O) groups excluding carboxylic acids is 1. The third-order valence-electron chi connectivity index (χ3n) is 7.71. The lowest BCUT2D eigenvalue weighted by atomic mass is 9.92. The first-order valence-electron chi connectivity index (χ1n) is 14.0. The van der Waals surface area contributed by atoms with Gasteiger partial charge in [0.2, 0.25) is 15.5 Å². The Morgan fingerprint density at radius 1 is 1.11 bits per heavy atom. The molecular weight excluding hydrogens is 500 g/mol. The highest BCUT2D eigenvalue weighted by Gasteiger charge is 2.26. The molecule has 38 heavy (non-hydrogen) atoms. The minimum atomic E-state index is -3.73. The fourth-order valence-electron chi connectivity index (χ4n) is 5.99. The van der Waals surface area contributed by atoms with E-state index in [1.807, 2.05) is 0 Å². The molecule has 8 nitrogen and oxygen atoms in total. The number of nitrogens with zero attached hydrogens (tertiary/aromatic N) is 3. The summed E-state index contributed by atoms with van der Waals surface area (Å²) in [4.78, 5) is 29.1. The highest BCUT2D eigenvalue weighted by atomic mass is 32.2. The summed E-state index contributed by atoms with van der Waals surface area (Å²) >= 11 is 0. The van der Waals surface area contributed by atoms with Gasteiger partial charge in [-0.2, -0.15) is 4.31 Å². The van der Waals surface area contributed by atoms with Crippen LogP contribution in [0.2, 0.25) is 0 Å². The van der Waals surface area contributed by atoms with Gasteiger partial charge < -0.3 is 14.8 Å². The van der Waals surface area contributed by atoms with E-state index in [4.69, 9.17) is 0 Å². The Hall–Kier alpha value is -2.49. The number of aromatic nitrogens is 1. The van der Waals surface area contributed by atoms with Crippen molar-refractivity contribution in [3.8, 4) is 0 Å². The number of likely N-dealkylation sites (tertiary alicyclic amines) is 1. The highest BCUT2D eigenvalue weighted by molar-refractivity contribution is 7.89. The molecule has 0 radical (unpaired) electrons. The number of nitrogens with one attached hydrogen (secondary N) is 1. The molecule has 2 saturated heterocycles. The first kappa shape index (κ1) is 28.5. The Morgan fingerprint density at radius 3 is 2.45 bits per heavy atom. The molecule has 2 fully saturated rings. The lowest BCUT2D eigenvalue weighted by Gasteiger charge is -2.34. The number of piperidine rings is 1. The average Bonchev–Trinajstić information content (AvgIpc) is 3.18. The number of carbonyl (C=O) groups is 1. The zero-order chi connectivity index (χ0) is 27.3. The SMILES string of the molecule is C=CCn1cc(C(=O)NCCCN2C[C@H](C)C[C@H](C)C2)c(=O)c2cc(S(=O)(=O)N3CCCCCC3)ccc21. The summed E-state index contributed by atoms with van der Waals surface area (Å²) in [6.07, 6.45) is 9.01. The maximum Gasteiger partial charge on any atom is 0.256 e. The van der Waals surface area contributed by atoms with Gasteiger partial charge in [0.1, 0.15) is 5.56 Å². The van der Waals surface area contributed by atoms with Crippen molar-refractivity contribution in [2.45, 2.75) is 63.8 Å². The van der Waals surface area contributed by atoms with Gasteiger partial charge in [0, 0.05) is 50.9 Å². The first-order valence-corrected chi connectivity index (χ1v) is 15.4. The monoisotopic (exact) mass is 542 g/mol. The number of pyridine rings is 1. The molecule has 2 aliphatic rings. The number of hydrogen-bond acceptors (Lipinski definition) is 5. The normalized spacial score (nSPS) is 21.7. The summed E-state index contributed by atoms with van der Waals surface area (Å²) in [5.74, 6) is 0.931. The predicted molar refractivity (Wildman–Crippen MR) is 152 cm³/mol. The van der Waals surface area contributed by atoms with E-state index in [2.05, 4.69) is 30.6 Å². The van der Waals surface area contributed by atoms with Gasteiger partial charge in [0.25, 0.3) is 5.91 Å². The second-order valence-corrected chi connectivity index (χ2v) is 13.1. The molecule has 1 amide bonds. The maximum absolute atomic E-state index is 13.5. The third kappa shape index (κ3) is 6.55. The Labute approximate surface area is 226 Å². The van der Waals surface area contributed by atoms with Crippen molar-refractivity contribution in [3.05, 3.63) is 52.8 Å². The maximum atomic E-state index is 13.5. The molecule has 0 unspecified atom stereocenters. The van der Waals surface area contributed by atoms with E-state index < -0.39 is 21.4 Å². The molecule has 0 spiro atoms. The standard InChI is InChI=1S/C29H42N4O4S/c1-4-13-32-21-26(29(35)30-12-9-14-31-19-22(2)17-23(3)20-31)28(34)25-18-24(10-11-27(25)32)38(36,37)33-15-7-5-6-8-16-33/h4,10-11,18,21-23H,1,5-9,12-17,19-20H2,2-3H3,(H,30,35)/t22-,23+. The van der Waals surface area contributed by atoms with Crippen LogP contribution >= 0.6 is 0 Å². The smallest absolute Gasteiger partial charge is 0.256 e. The van der Waals surface area contributed by atoms with E-state index in [-0.39, 0.29) is 15.8 Å². The molecule has 2 atom stereocenters. The number of amides is 1. The van der Waals surface area contributed by atoms with E-state index in [9.17, 15) is 18.0 Å². The van der Waals surface area contributed by atoms with E-state index in [1.54, 1.807) is 29.0 Å². The summed E-state index contributed by atoms with van der Waals surface area (Å²) in [6.45, 7) is 13.3. The van der Waals surface area contributed by atoms with Crippen molar-refractivity contribution in [1.82, 2.24) is 19.1 Å². The third-order valence-corrected chi connectivity index (χ3v) is 9.60. The summed E-state index contributed by atoms with van der Waals surface area (Å²) in [6, 6.07) is 4.66. The van der Waals surface area contributed by atoms with Crippen molar-refractivity contribution < 1.29 is 13.2 Å². The molecule has 1 aromatic heterocycles. The first-order chi connectivity index (χ1) is 18.2. The second-order valence-electron chi connectivity index (χ2n) is 11.1. The molecule has 9 heteroatoms. The lowest BCUT2D eigenvalue weighted by Crippen LogP contribution is -2.40. The highest BCUT2D eigenvalue weighted by Crippen LogP contribution is 2.24. The van der Waals surface area contributed by atoms with Crippen LogP contribution in [0.15, 0.2) is 46.7 Å². The Bertz CT molecular complexity index is 1300. The van der Waals surface area contributed by atoms with Crippen LogP contribution in [-0.4, -0.2) is 67.4 Å². The van der Waals surface area contributed by atoms with Gasteiger partial charge >= 0.3 is 0 Å². The molecule has 208 valence electrons. The Balaban J connectivity index is 1.55. The molecule has 0 saturated carbocycles. The number of fused-ring (bicyclic) bond motifs is 1. The van der Waals surface area contributed by atoms with Crippen LogP contribution in [0.1, 0.15) is 62.7 Å². The van der Waals surface area contributed by atoms with Crippen LogP contribution in [-0.2, 0) is 16.6 Å². The van der Waals surface area contributed by atoms with Gasteiger partial charge in [0.05, 0.1) is 10.4 Å². The molecule has 1 N–H and O–H groups in total. The summed E-state index contributed by atoms with van der Waals surface area (Å²) in [5, 5.41) is 3.14. The van der Waals surface area contributed by atoms with Crippen LogP contribution in [0, 0.1) is 11.8 Å². The van der Waals surface area contributed by atoms with Gasteiger partial charge in [-0.05, 0) is 62.3 Å². The topological polar surface area (TPSA) is 91.7 Å². The van der Waals surface area contributed by atoms with Crippen molar-refractivity contribution in [2.24, 2.45) is 11.8 Å². The van der Waals surface area contributed by atoms with Crippen LogP contribution in [0.5, 0.6) is 0 Å². The number of rotatable bonds is 9. The minimum absolute atomic E-state index is 0.0175. The molecule has 3 heterocycles. The van der Waals surface area contributed by atoms with E-state index in [1.165, 1.54) is 16.8 Å². The van der Waals surface area contributed by atoms with Gasteiger partial charge in [0.15, 0.2) is 0 Å². The molecule has 4 rings (SSSR count). The zero-order valence-electron chi connectivity index (χ0n) is 22.8. The van der Waals surface area contributed by atoms with Crippen molar-refractivity contribution in [3.63, 3.8) is 0 Å². The molecule has 0 aliphatic carbocycles. The van der Waals surface area contributed by atoms with Gasteiger partial charge in [-0.3, -0.25) is 9.59 Å². The minimum Gasteiger partial charge on any atom is -0.352 e. The van der Waals surface area contributed by atoms with Gasteiger partial charge in [-0.25, -0.2) is 8.42 Å². The molecule has 1 aromatic carbocycles. The van der Waals surface area contributed by atoms with Gasteiger partial charge in [-0.15, -0.1) is 6.58 Å². The number of sulfonamides is 1. The molecular formula is C29H42N4O4S. The van der Waals surface area contributed by atoms with E-state index in [0.717, 1.165) is 51.7 Å².